The van der Waals surface area contributed by atoms with Crippen molar-refractivity contribution in [1.29, 1.82) is 0 Å². The minimum atomic E-state index is -0.218. The molecule has 0 saturated heterocycles. The highest BCUT2D eigenvalue weighted by molar-refractivity contribution is 7.99. The summed E-state index contributed by atoms with van der Waals surface area (Å²) in [5.41, 5.74) is 1.04. The highest BCUT2D eigenvalue weighted by atomic mass is 32.2. The van der Waals surface area contributed by atoms with Crippen LogP contribution in [0.5, 0.6) is 0 Å². The van der Waals surface area contributed by atoms with Crippen molar-refractivity contribution in [3.63, 3.8) is 0 Å². The van der Waals surface area contributed by atoms with E-state index in [4.69, 9.17) is 0 Å². The molecule has 0 aliphatic heterocycles. The van der Waals surface area contributed by atoms with Crippen LogP contribution in [-0.4, -0.2) is 46.3 Å². The van der Waals surface area contributed by atoms with Crippen molar-refractivity contribution >= 4 is 40.6 Å². The van der Waals surface area contributed by atoms with Gasteiger partial charge in [-0.05, 0) is 23.6 Å². The van der Waals surface area contributed by atoms with E-state index in [9.17, 15) is 9.59 Å². The molecule has 0 atom stereocenters. The Balaban J connectivity index is 1.64. The summed E-state index contributed by atoms with van der Waals surface area (Å²) in [7, 11) is 1.67. The fraction of sp³-hybridized carbons (Fsp3) is 0.176. The van der Waals surface area contributed by atoms with Crippen LogP contribution in [0.1, 0.15) is 20.0 Å². The zero-order valence-corrected chi connectivity index (χ0v) is 15.6. The third kappa shape index (κ3) is 4.30. The van der Waals surface area contributed by atoms with E-state index in [-0.39, 0.29) is 11.8 Å². The van der Waals surface area contributed by atoms with Gasteiger partial charge in [0.05, 0.1) is 16.1 Å². The van der Waals surface area contributed by atoms with Gasteiger partial charge in [0.2, 0.25) is 0 Å². The van der Waals surface area contributed by atoms with Gasteiger partial charge in [-0.25, -0.2) is 4.98 Å². The molecule has 0 unspecified atom stereocenters. The Labute approximate surface area is 158 Å². The third-order valence-corrected chi connectivity index (χ3v) is 5.30. The first-order chi connectivity index (χ1) is 12.7. The molecule has 134 valence electrons. The molecule has 9 heteroatoms. The maximum atomic E-state index is 12.6. The van der Waals surface area contributed by atoms with Gasteiger partial charge in [-0.1, -0.05) is 30.0 Å². The summed E-state index contributed by atoms with van der Waals surface area (Å²) in [6.07, 6.45) is 1.44. The molecule has 2 aromatic heterocycles. The van der Waals surface area contributed by atoms with Crippen LogP contribution in [0.3, 0.4) is 0 Å². The quantitative estimate of drug-likeness (QED) is 0.480. The van der Waals surface area contributed by atoms with E-state index in [1.807, 2.05) is 17.5 Å². The van der Waals surface area contributed by atoms with Gasteiger partial charge in [0.1, 0.15) is 6.33 Å². The molecule has 0 spiro atoms. The number of carbonyl (C=O) groups excluding carboxylic acids is 2. The van der Waals surface area contributed by atoms with Crippen molar-refractivity contribution in [3.8, 4) is 0 Å². The third-order valence-electron chi connectivity index (χ3n) is 3.57. The number of nitrogens with one attached hydrogen (secondary N) is 2. The second kappa shape index (κ2) is 8.63. The fourth-order valence-corrected chi connectivity index (χ4v) is 3.64. The molecule has 2 N–H and O–H groups in total. The van der Waals surface area contributed by atoms with Crippen molar-refractivity contribution in [3.05, 3.63) is 58.5 Å². The van der Waals surface area contributed by atoms with E-state index in [1.165, 1.54) is 34.3 Å². The van der Waals surface area contributed by atoms with Crippen molar-refractivity contribution < 1.29 is 9.59 Å². The molecular weight excluding hydrogens is 370 g/mol. The van der Waals surface area contributed by atoms with E-state index >= 15 is 0 Å². The maximum absolute atomic E-state index is 12.6. The van der Waals surface area contributed by atoms with Crippen molar-refractivity contribution in [2.45, 2.75) is 5.16 Å². The topological polar surface area (TPSA) is 91.0 Å². The number of para-hydroxylation sites is 1. The zero-order valence-electron chi connectivity index (χ0n) is 14.0. The number of carbonyl (C=O) groups is 2. The summed E-state index contributed by atoms with van der Waals surface area (Å²) in [5.74, 6) is 0.304. The number of rotatable bonds is 7. The molecule has 7 nitrogen and oxygen atoms in total. The van der Waals surface area contributed by atoms with E-state index in [0.717, 1.165) is 0 Å². The number of aromatic nitrogens is 3. The first-order valence-corrected chi connectivity index (χ1v) is 9.70. The molecule has 0 fully saturated rings. The first-order valence-electron chi connectivity index (χ1n) is 7.84. The van der Waals surface area contributed by atoms with E-state index in [0.29, 0.717) is 33.6 Å². The minimum Gasteiger partial charge on any atom is -0.351 e. The summed E-state index contributed by atoms with van der Waals surface area (Å²) in [5, 5.41) is 12.0. The summed E-state index contributed by atoms with van der Waals surface area (Å²) < 4.78 is 0. The van der Waals surface area contributed by atoms with Crippen LogP contribution in [-0.2, 0) is 0 Å². The lowest BCUT2D eigenvalue weighted by Gasteiger charge is -2.19. The summed E-state index contributed by atoms with van der Waals surface area (Å²) >= 11 is 2.85. The number of anilines is 1. The SMILES string of the molecule is CN(C(=O)c1cccs1)c1ccccc1C(=O)NCCSc1ncn[nH]1. The highest BCUT2D eigenvalue weighted by Crippen LogP contribution is 2.22. The average molecular weight is 387 g/mol. The summed E-state index contributed by atoms with van der Waals surface area (Å²) in [4.78, 5) is 31.3. The van der Waals surface area contributed by atoms with Crippen LogP contribution >= 0.6 is 23.1 Å². The largest absolute Gasteiger partial charge is 0.351 e. The lowest BCUT2D eigenvalue weighted by atomic mass is 10.1. The minimum absolute atomic E-state index is 0.138. The van der Waals surface area contributed by atoms with Crippen LogP contribution in [0.15, 0.2) is 53.3 Å². The van der Waals surface area contributed by atoms with Gasteiger partial charge in [0.25, 0.3) is 11.8 Å². The van der Waals surface area contributed by atoms with Gasteiger partial charge in [-0.15, -0.1) is 11.3 Å². The molecule has 2 amide bonds. The Bertz CT molecular complexity index is 865. The van der Waals surface area contributed by atoms with Crippen molar-refractivity contribution in [2.24, 2.45) is 0 Å². The number of thiophene rings is 1. The van der Waals surface area contributed by atoms with Crippen molar-refractivity contribution in [2.75, 3.05) is 24.2 Å². The fourth-order valence-electron chi connectivity index (χ4n) is 2.30. The smallest absolute Gasteiger partial charge is 0.268 e. The normalized spacial score (nSPS) is 10.5. The van der Waals surface area contributed by atoms with Crippen LogP contribution in [0.2, 0.25) is 0 Å². The lowest BCUT2D eigenvalue weighted by Crippen LogP contribution is -2.31. The number of hydrogen-bond acceptors (Lipinski definition) is 6. The lowest BCUT2D eigenvalue weighted by molar-refractivity contribution is 0.0956. The van der Waals surface area contributed by atoms with Gasteiger partial charge in [0, 0.05) is 19.3 Å². The maximum Gasteiger partial charge on any atom is 0.268 e. The molecule has 3 rings (SSSR count). The average Bonchev–Trinajstić information content (AvgIpc) is 3.37. The van der Waals surface area contributed by atoms with Crippen LogP contribution < -0.4 is 10.2 Å². The number of thioether (sulfide) groups is 1. The van der Waals surface area contributed by atoms with Gasteiger partial charge in [-0.2, -0.15) is 5.10 Å². The molecule has 1 aromatic carbocycles. The van der Waals surface area contributed by atoms with E-state index in [2.05, 4.69) is 20.5 Å². The molecule has 0 saturated carbocycles. The number of hydrogen-bond donors (Lipinski definition) is 2. The number of benzene rings is 1. The zero-order chi connectivity index (χ0) is 18.4. The second-order valence-electron chi connectivity index (χ2n) is 5.25. The number of amides is 2. The Morgan fingerprint density at radius 2 is 2.12 bits per heavy atom. The summed E-state index contributed by atoms with van der Waals surface area (Å²) in [6.45, 7) is 0.473. The molecule has 0 bridgehead atoms. The molecule has 0 aliphatic carbocycles. The Hall–Kier alpha value is -2.65. The van der Waals surface area contributed by atoms with Gasteiger partial charge >= 0.3 is 0 Å². The van der Waals surface area contributed by atoms with Gasteiger partial charge in [-0.3, -0.25) is 14.7 Å². The number of aromatic amines is 1. The standard InChI is InChI=1S/C17H17N5O2S2/c1-22(16(24)14-7-4-9-25-14)13-6-3-2-5-12(13)15(23)18-8-10-26-17-19-11-20-21-17/h2-7,9,11H,8,10H2,1H3,(H,18,23)(H,19,20,21). The van der Waals surface area contributed by atoms with E-state index in [1.54, 1.807) is 31.3 Å². The molecular formula is C17H17N5O2S2. The highest BCUT2D eigenvalue weighted by Gasteiger charge is 2.19. The Morgan fingerprint density at radius 1 is 1.27 bits per heavy atom. The molecule has 0 radical (unpaired) electrons. The number of H-pyrrole nitrogens is 1. The Morgan fingerprint density at radius 3 is 2.85 bits per heavy atom. The summed E-state index contributed by atoms with van der Waals surface area (Å²) in [6, 6.07) is 10.7. The molecule has 3 aromatic rings. The van der Waals surface area contributed by atoms with E-state index < -0.39 is 0 Å². The van der Waals surface area contributed by atoms with Crippen LogP contribution in [0, 0.1) is 0 Å². The predicted molar refractivity (Wildman–Crippen MR) is 103 cm³/mol. The molecule has 2 heterocycles. The van der Waals surface area contributed by atoms with Gasteiger partial charge in [0.15, 0.2) is 5.16 Å². The predicted octanol–water partition coefficient (Wildman–Crippen LogP) is 2.66. The number of nitrogens with zero attached hydrogens (tertiary/aromatic N) is 3. The van der Waals surface area contributed by atoms with Crippen LogP contribution in [0.25, 0.3) is 0 Å². The molecule has 0 aliphatic rings. The monoisotopic (exact) mass is 387 g/mol. The van der Waals surface area contributed by atoms with Crippen LogP contribution in [0.4, 0.5) is 5.69 Å². The first kappa shape index (κ1) is 18.2. The second-order valence-corrected chi connectivity index (χ2v) is 7.28. The van der Waals surface area contributed by atoms with Crippen molar-refractivity contribution in [1.82, 2.24) is 20.5 Å². The molecule has 26 heavy (non-hydrogen) atoms. The Kier molecular flexibility index (Phi) is 6.03. The van der Waals surface area contributed by atoms with Gasteiger partial charge < -0.3 is 10.2 Å².